The highest BCUT2D eigenvalue weighted by molar-refractivity contribution is 6.40. The summed E-state index contributed by atoms with van der Waals surface area (Å²) in [5.41, 5.74) is 3.74. The standard InChI is InChI=1S/C20H22ClN3O3/c1-13-4-3-5-17(14(13)2)23-8-10-24(11-9-23)20(27)19(26)22-16-12-15(21)6-7-18(16)25/h3-7,12,25H,8-11H2,1-2H3,(H,22,26). The number of nitrogens with zero attached hydrogens (tertiary/aromatic N) is 2. The number of phenols is 1. The van der Waals surface area contributed by atoms with Crippen molar-refractivity contribution < 1.29 is 14.7 Å². The number of hydrogen-bond donors (Lipinski definition) is 2. The van der Waals surface area contributed by atoms with Gasteiger partial charge in [0.1, 0.15) is 5.75 Å². The Morgan fingerprint density at radius 3 is 2.48 bits per heavy atom. The van der Waals surface area contributed by atoms with E-state index < -0.39 is 11.8 Å². The number of piperazine rings is 1. The summed E-state index contributed by atoms with van der Waals surface area (Å²) in [6.07, 6.45) is 0. The molecule has 1 fully saturated rings. The van der Waals surface area contributed by atoms with Crippen molar-refractivity contribution in [3.63, 3.8) is 0 Å². The molecular formula is C20H22ClN3O3. The Bertz CT molecular complexity index is 877. The predicted octanol–water partition coefficient (Wildman–Crippen LogP) is 2.95. The largest absolute Gasteiger partial charge is 0.506 e. The summed E-state index contributed by atoms with van der Waals surface area (Å²) in [5.74, 6) is -1.54. The number of nitrogens with one attached hydrogen (secondary N) is 1. The highest BCUT2D eigenvalue weighted by Gasteiger charge is 2.27. The lowest BCUT2D eigenvalue weighted by Gasteiger charge is -2.36. The van der Waals surface area contributed by atoms with Gasteiger partial charge in [0, 0.05) is 36.9 Å². The Morgan fingerprint density at radius 2 is 1.78 bits per heavy atom. The average molecular weight is 388 g/mol. The number of carbonyl (C=O) groups excluding carboxylic acids is 2. The smallest absolute Gasteiger partial charge is 0.314 e. The number of aromatic hydroxyl groups is 1. The highest BCUT2D eigenvalue weighted by atomic mass is 35.5. The highest BCUT2D eigenvalue weighted by Crippen LogP contribution is 2.27. The van der Waals surface area contributed by atoms with Crippen LogP contribution in [0.15, 0.2) is 36.4 Å². The monoisotopic (exact) mass is 387 g/mol. The number of aryl methyl sites for hydroxylation is 1. The molecule has 2 N–H and O–H groups in total. The van der Waals surface area contributed by atoms with Crippen molar-refractivity contribution in [3.8, 4) is 5.75 Å². The van der Waals surface area contributed by atoms with E-state index in [1.807, 2.05) is 6.07 Å². The van der Waals surface area contributed by atoms with Crippen LogP contribution in [0.25, 0.3) is 0 Å². The SMILES string of the molecule is Cc1cccc(N2CCN(C(=O)C(=O)Nc3cc(Cl)ccc3O)CC2)c1C. The van der Waals surface area contributed by atoms with Gasteiger partial charge in [-0.3, -0.25) is 9.59 Å². The Balaban J connectivity index is 1.62. The first-order chi connectivity index (χ1) is 12.9. The molecule has 1 aliphatic rings. The van der Waals surface area contributed by atoms with Crippen LogP contribution in [-0.2, 0) is 9.59 Å². The fourth-order valence-corrected chi connectivity index (χ4v) is 3.33. The molecule has 2 aromatic rings. The van der Waals surface area contributed by atoms with Crippen molar-refractivity contribution in [2.75, 3.05) is 36.4 Å². The first-order valence-corrected chi connectivity index (χ1v) is 9.14. The van der Waals surface area contributed by atoms with Crippen molar-refractivity contribution in [1.82, 2.24) is 4.90 Å². The minimum absolute atomic E-state index is 0.120. The molecule has 142 valence electrons. The normalized spacial score (nSPS) is 14.2. The van der Waals surface area contributed by atoms with Crippen LogP contribution in [0.4, 0.5) is 11.4 Å². The molecule has 2 amide bonds. The van der Waals surface area contributed by atoms with Gasteiger partial charge in [0.05, 0.1) is 5.69 Å². The van der Waals surface area contributed by atoms with E-state index in [9.17, 15) is 14.7 Å². The molecule has 3 rings (SSSR count). The molecule has 0 unspecified atom stereocenters. The van der Waals surface area contributed by atoms with Gasteiger partial charge in [0.15, 0.2) is 0 Å². The zero-order chi connectivity index (χ0) is 19.6. The van der Waals surface area contributed by atoms with Crippen LogP contribution < -0.4 is 10.2 Å². The van der Waals surface area contributed by atoms with Crippen LogP contribution in [0, 0.1) is 13.8 Å². The van der Waals surface area contributed by atoms with Crippen LogP contribution in [0.1, 0.15) is 11.1 Å². The first kappa shape index (κ1) is 19.0. The van der Waals surface area contributed by atoms with Crippen LogP contribution in [0.2, 0.25) is 5.02 Å². The van der Waals surface area contributed by atoms with E-state index in [1.165, 1.54) is 34.2 Å². The Hall–Kier alpha value is -2.73. The molecule has 2 aromatic carbocycles. The second-order valence-electron chi connectivity index (χ2n) is 6.61. The summed E-state index contributed by atoms with van der Waals surface area (Å²) >= 11 is 5.86. The topological polar surface area (TPSA) is 72.9 Å². The maximum Gasteiger partial charge on any atom is 0.314 e. The van der Waals surface area contributed by atoms with Crippen LogP contribution >= 0.6 is 11.6 Å². The molecule has 1 heterocycles. The predicted molar refractivity (Wildman–Crippen MR) is 106 cm³/mol. The first-order valence-electron chi connectivity index (χ1n) is 8.77. The zero-order valence-electron chi connectivity index (χ0n) is 15.3. The molecular weight excluding hydrogens is 366 g/mol. The van der Waals surface area contributed by atoms with Crippen molar-refractivity contribution in [2.24, 2.45) is 0 Å². The average Bonchev–Trinajstić information content (AvgIpc) is 2.66. The summed E-state index contributed by atoms with van der Waals surface area (Å²) in [6.45, 7) is 6.40. The molecule has 1 saturated heterocycles. The lowest BCUT2D eigenvalue weighted by Crippen LogP contribution is -2.51. The quantitative estimate of drug-likeness (QED) is 0.613. The van der Waals surface area contributed by atoms with Gasteiger partial charge in [-0.25, -0.2) is 0 Å². The molecule has 0 atom stereocenters. The molecule has 0 saturated carbocycles. The number of rotatable bonds is 2. The summed E-state index contributed by atoms with van der Waals surface area (Å²) < 4.78 is 0. The number of phenolic OH excluding ortho intramolecular Hbond substituents is 1. The molecule has 0 aliphatic carbocycles. The van der Waals surface area contributed by atoms with Crippen LogP contribution in [-0.4, -0.2) is 48.0 Å². The summed E-state index contributed by atoms with van der Waals surface area (Å²) in [4.78, 5) is 28.5. The molecule has 6 nitrogen and oxygen atoms in total. The molecule has 0 bridgehead atoms. The van der Waals surface area contributed by atoms with E-state index in [0.717, 1.165) is 5.69 Å². The van der Waals surface area contributed by atoms with E-state index in [0.29, 0.717) is 31.2 Å². The molecule has 7 heteroatoms. The molecule has 0 spiro atoms. The Labute approximate surface area is 163 Å². The lowest BCUT2D eigenvalue weighted by atomic mass is 10.1. The van der Waals surface area contributed by atoms with E-state index in [-0.39, 0.29) is 11.4 Å². The Kier molecular flexibility index (Phi) is 5.56. The van der Waals surface area contributed by atoms with Crippen LogP contribution in [0.3, 0.4) is 0 Å². The summed E-state index contributed by atoms with van der Waals surface area (Å²) in [7, 11) is 0. The second kappa shape index (κ2) is 7.88. The number of benzene rings is 2. The minimum atomic E-state index is -0.784. The number of anilines is 2. The van der Waals surface area contributed by atoms with Crippen molar-refractivity contribution in [2.45, 2.75) is 13.8 Å². The third kappa shape index (κ3) is 4.17. The lowest BCUT2D eigenvalue weighted by molar-refractivity contribution is -0.143. The van der Waals surface area contributed by atoms with Gasteiger partial charge in [-0.1, -0.05) is 23.7 Å². The Morgan fingerprint density at radius 1 is 1.07 bits per heavy atom. The molecule has 27 heavy (non-hydrogen) atoms. The second-order valence-corrected chi connectivity index (χ2v) is 7.05. The number of amides is 2. The maximum atomic E-state index is 12.4. The van der Waals surface area contributed by atoms with Gasteiger partial charge in [-0.2, -0.15) is 0 Å². The van der Waals surface area contributed by atoms with Gasteiger partial charge in [-0.15, -0.1) is 0 Å². The van der Waals surface area contributed by atoms with Gasteiger partial charge in [0.2, 0.25) is 0 Å². The van der Waals surface area contributed by atoms with Crippen LogP contribution in [0.5, 0.6) is 5.75 Å². The van der Waals surface area contributed by atoms with Gasteiger partial charge in [-0.05, 0) is 49.2 Å². The molecule has 0 radical (unpaired) electrons. The van der Waals surface area contributed by atoms with Crippen molar-refractivity contribution in [1.29, 1.82) is 0 Å². The van der Waals surface area contributed by atoms with Crippen molar-refractivity contribution in [3.05, 3.63) is 52.5 Å². The van der Waals surface area contributed by atoms with Crippen molar-refractivity contribution >= 4 is 34.8 Å². The minimum Gasteiger partial charge on any atom is -0.506 e. The zero-order valence-corrected chi connectivity index (χ0v) is 16.1. The summed E-state index contributed by atoms with van der Waals surface area (Å²) in [6, 6.07) is 10.5. The fraction of sp³-hybridized carbons (Fsp3) is 0.300. The van der Waals surface area contributed by atoms with Gasteiger partial charge in [0.25, 0.3) is 0 Å². The van der Waals surface area contributed by atoms with Gasteiger partial charge < -0.3 is 20.2 Å². The number of halogens is 1. The third-order valence-electron chi connectivity index (χ3n) is 4.88. The number of carbonyl (C=O) groups is 2. The van der Waals surface area contributed by atoms with E-state index in [2.05, 4.69) is 36.2 Å². The molecule has 1 aliphatic heterocycles. The van der Waals surface area contributed by atoms with E-state index in [1.54, 1.807) is 0 Å². The fourth-order valence-electron chi connectivity index (χ4n) is 3.16. The summed E-state index contributed by atoms with van der Waals surface area (Å²) in [5, 5.41) is 12.6. The third-order valence-corrected chi connectivity index (χ3v) is 5.12. The van der Waals surface area contributed by atoms with Gasteiger partial charge >= 0.3 is 11.8 Å². The molecule has 0 aromatic heterocycles. The maximum absolute atomic E-state index is 12.4. The number of hydrogen-bond acceptors (Lipinski definition) is 4. The van der Waals surface area contributed by atoms with E-state index >= 15 is 0 Å². The van der Waals surface area contributed by atoms with E-state index in [4.69, 9.17) is 11.6 Å².